The lowest BCUT2D eigenvalue weighted by atomic mass is 9.98. The van der Waals surface area contributed by atoms with Crippen LogP contribution in [0.1, 0.15) is 64.2 Å². The van der Waals surface area contributed by atoms with Crippen LogP contribution < -0.4 is 10.1 Å². The summed E-state index contributed by atoms with van der Waals surface area (Å²) < 4.78 is 16.4. The number of hydrogen-bond donors (Lipinski definition) is 1. The first-order valence-electron chi connectivity index (χ1n) is 9.57. The smallest absolute Gasteiger partial charge is 0.341 e. The molecule has 1 rings (SSSR count). The van der Waals surface area contributed by atoms with Crippen LogP contribution in [-0.4, -0.2) is 37.8 Å². The molecule has 0 fully saturated rings. The number of hydrogen-bond acceptors (Lipinski definition) is 5. The topological polar surface area (TPSA) is 73.9 Å². The lowest BCUT2D eigenvalue weighted by Crippen LogP contribution is -2.43. The minimum atomic E-state index is -0.914. The van der Waals surface area contributed by atoms with Crippen molar-refractivity contribution in [2.24, 2.45) is 5.92 Å². The zero-order valence-corrected chi connectivity index (χ0v) is 17.4. The Labute approximate surface area is 162 Å². The van der Waals surface area contributed by atoms with Gasteiger partial charge >= 0.3 is 5.97 Å². The van der Waals surface area contributed by atoms with Crippen molar-refractivity contribution in [3.05, 3.63) is 23.8 Å². The standard InChI is InChI=1S/C21H33NO5/c1-7-11-21(5,27-12-8-2)20(24)22-16-9-10-18(26-14-15(3)4)17(13-16)19(23)25-6/h9-10,13,15H,7-8,11-12,14H2,1-6H3,(H,22,24)/t21-/m1/s1. The van der Waals surface area contributed by atoms with Crippen LogP contribution in [0, 0.1) is 5.92 Å². The zero-order chi connectivity index (χ0) is 20.4. The van der Waals surface area contributed by atoms with Crippen LogP contribution in [0.15, 0.2) is 18.2 Å². The number of carbonyl (C=O) groups is 2. The average Bonchev–Trinajstić information content (AvgIpc) is 2.64. The minimum absolute atomic E-state index is 0.232. The highest BCUT2D eigenvalue weighted by Crippen LogP contribution is 2.26. The van der Waals surface area contributed by atoms with Crippen molar-refractivity contribution in [1.82, 2.24) is 0 Å². The summed E-state index contributed by atoms with van der Waals surface area (Å²) in [5, 5.41) is 2.86. The lowest BCUT2D eigenvalue weighted by molar-refractivity contribution is -0.140. The van der Waals surface area contributed by atoms with Gasteiger partial charge in [0.15, 0.2) is 0 Å². The van der Waals surface area contributed by atoms with Crippen LogP contribution in [0.4, 0.5) is 5.69 Å². The summed E-state index contributed by atoms with van der Waals surface area (Å²) in [6.07, 6.45) is 2.27. The van der Waals surface area contributed by atoms with Gasteiger partial charge in [-0.3, -0.25) is 4.79 Å². The maximum Gasteiger partial charge on any atom is 0.341 e. The molecule has 6 heteroatoms. The minimum Gasteiger partial charge on any atom is -0.492 e. The van der Waals surface area contributed by atoms with Gasteiger partial charge in [0, 0.05) is 12.3 Å². The number of anilines is 1. The third-order valence-corrected chi connectivity index (χ3v) is 4.05. The van der Waals surface area contributed by atoms with Gasteiger partial charge in [-0.05, 0) is 43.9 Å². The molecular weight excluding hydrogens is 346 g/mol. The number of rotatable bonds is 11. The second-order valence-electron chi connectivity index (χ2n) is 7.19. The van der Waals surface area contributed by atoms with Crippen molar-refractivity contribution < 1.29 is 23.8 Å². The van der Waals surface area contributed by atoms with E-state index in [2.05, 4.69) is 5.32 Å². The van der Waals surface area contributed by atoms with E-state index in [1.54, 1.807) is 25.1 Å². The van der Waals surface area contributed by atoms with E-state index in [4.69, 9.17) is 14.2 Å². The number of methoxy groups -OCH3 is 1. The number of nitrogens with one attached hydrogen (secondary N) is 1. The molecule has 0 aromatic heterocycles. The molecule has 0 spiro atoms. The van der Waals surface area contributed by atoms with Crippen molar-refractivity contribution >= 4 is 17.6 Å². The summed E-state index contributed by atoms with van der Waals surface area (Å²) in [5.74, 6) is 0.0142. The molecule has 0 unspecified atom stereocenters. The van der Waals surface area contributed by atoms with E-state index in [9.17, 15) is 9.59 Å². The van der Waals surface area contributed by atoms with Gasteiger partial charge in [0.2, 0.25) is 0 Å². The highest BCUT2D eigenvalue weighted by molar-refractivity contribution is 5.99. The van der Waals surface area contributed by atoms with E-state index in [0.29, 0.717) is 37.0 Å². The molecule has 1 aromatic carbocycles. The second-order valence-corrected chi connectivity index (χ2v) is 7.19. The van der Waals surface area contributed by atoms with Crippen LogP contribution >= 0.6 is 0 Å². The van der Waals surface area contributed by atoms with Gasteiger partial charge in [-0.25, -0.2) is 4.79 Å². The largest absolute Gasteiger partial charge is 0.492 e. The Kier molecular flexibility index (Phi) is 9.29. The number of esters is 1. The van der Waals surface area contributed by atoms with Crippen LogP contribution in [0.2, 0.25) is 0 Å². The molecule has 0 saturated heterocycles. The summed E-state index contributed by atoms with van der Waals surface area (Å²) in [5.41, 5.74) is -0.134. The van der Waals surface area contributed by atoms with Crippen molar-refractivity contribution in [2.45, 2.75) is 59.5 Å². The fourth-order valence-corrected chi connectivity index (χ4v) is 2.58. The summed E-state index contributed by atoms with van der Waals surface area (Å²) in [7, 11) is 1.32. The molecule has 1 amide bonds. The molecule has 0 saturated carbocycles. The fraction of sp³-hybridized carbons (Fsp3) is 0.619. The van der Waals surface area contributed by atoms with Gasteiger partial charge in [0.25, 0.3) is 5.91 Å². The molecule has 0 bridgehead atoms. The van der Waals surface area contributed by atoms with Crippen molar-refractivity contribution in [2.75, 3.05) is 25.6 Å². The molecule has 6 nitrogen and oxygen atoms in total. The molecule has 1 aromatic rings. The Morgan fingerprint density at radius 2 is 1.89 bits per heavy atom. The Balaban J connectivity index is 3.04. The maximum absolute atomic E-state index is 12.8. The Morgan fingerprint density at radius 3 is 2.44 bits per heavy atom. The molecule has 0 aliphatic carbocycles. The third kappa shape index (κ3) is 6.86. The SMILES string of the molecule is CCCO[C@](C)(CCC)C(=O)Nc1ccc(OCC(C)C)c(C(=O)OC)c1. The van der Waals surface area contributed by atoms with Gasteiger partial charge in [0.1, 0.15) is 16.9 Å². The molecule has 1 N–H and O–H groups in total. The molecule has 0 aliphatic rings. The van der Waals surface area contributed by atoms with Crippen molar-refractivity contribution in [3.8, 4) is 5.75 Å². The summed E-state index contributed by atoms with van der Waals surface area (Å²) in [6.45, 7) is 10.9. The first-order valence-corrected chi connectivity index (χ1v) is 9.57. The van der Waals surface area contributed by atoms with Gasteiger partial charge in [-0.15, -0.1) is 0 Å². The fourth-order valence-electron chi connectivity index (χ4n) is 2.58. The molecule has 0 radical (unpaired) electrons. The average molecular weight is 379 g/mol. The molecule has 0 aliphatic heterocycles. The zero-order valence-electron chi connectivity index (χ0n) is 17.4. The Hall–Kier alpha value is -2.08. The van der Waals surface area contributed by atoms with E-state index in [0.717, 1.165) is 12.8 Å². The lowest BCUT2D eigenvalue weighted by Gasteiger charge is -2.28. The number of amides is 1. The van der Waals surface area contributed by atoms with Gasteiger partial charge in [0.05, 0.1) is 13.7 Å². The molecular formula is C21H33NO5. The Bertz CT molecular complexity index is 629. The van der Waals surface area contributed by atoms with Gasteiger partial charge in [-0.1, -0.05) is 34.1 Å². The second kappa shape index (κ2) is 10.9. The highest BCUT2D eigenvalue weighted by Gasteiger charge is 2.33. The van der Waals surface area contributed by atoms with E-state index < -0.39 is 11.6 Å². The highest BCUT2D eigenvalue weighted by atomic mass is 16.5. The number of benzene rings is 1. The number of carbonyl (C=O) groups excluding carboxylic acids is 2. The predicted octanol–water partition coefficient (Wildman–Crippen LogP) is 4.43. The van der Waals surface area contributed by atoms with Crippen LogP contribution in [-0.2, 0) is 14.3 Å². The third-order valence-electron chi connectivity index (χ3n) is 4.05. The quantitative estimate of drug-likeness (QED) is 0.576. The monoisotopic (exact) mass is 379 g/mol. The van der Waals surface area contributed by atoms with Crippen molar-refractivity contribution in [1.29, 1.82) is 0 Å². The maximum atomic E-state index is 12.8. The van der Waals surface area contributed by atoms with Gasteiger partial charge in [-0.2, -0.15) is 0 Å². The first-order chi connectivity index (χ1) is 12.8. The van der Waals surface area contributed by atoms with Crippen LogP contribution in [0.5, 0.6) is 5.75 Å². The number of ether oxygens (including phenoxy) is 3. The van der Waals surface area contributed by atoms with Crippen LogP contribution in [0.25, 0.3) is 0 Å². The molecule has 1 atom stereocenters. The normalized spacial score (nSPS) is 13.1. The Morgan fingerprint density at radius 1 is 1.19 bits per heavy atom. The summed E-state index contributed by atoms with van der Waals surface area (Å²) >= 11 is 0. The van der Waals surface area contributed by atoms with Crippen LogP contribution in [0.3, 0.4) is 0 Å². The van der Waals surface area contributed by atoms with E-state index >= 15 is 0 Å². The van der Waals surface area contributed by atoms with Gasteiger partial charge < -0.3 is 19.5 Å². The molecule has 27 heavy (non-hydrogen) atoms. The first kappa shape index (κ1) is 23.0. The summed E-state index contributed by atoms with van der Waals surface area (Å²) in [6, 6.07) is 4.96. The molecule has 152 valence electrons. The van der Waals surface area contributed by atoms with E-state index in [1.165, 1.54) is 7.11 Å². The van der Waals surface area contributed by atoms with E-state index in [1.807, 2.05) is 27.7 Å². The van der Waals surface area contributed by atoms with Crippen molar-refractivity contribution in [3.63, 3.8) is 0 Å². The summed E-state index contributed by atoms with van der Waals surface area (Å²) in [4.78, 5) is 24.9. The van der Waals surface area contributed by atoms with E-state index in [-0.39, 0.29) is 11.5 Å². The molecule has 0 heterocycles. The predicted molar refractivity (Wildman–Crippen MR) is 106 cm³/mol.